The van der Waals surface area contributed by atoms with Crippen LogP contribution in [-0.4, -0.2) is 33.7 Å². The Kier molecular flexibility index (Phi) is 8.08. The standard InChI is InChI=1S/C22H30N2O4S/c1-5-15-28-21-13-11-20(12-14-21)24(29(4,26)27)16-22(25)23-17(3)19-9-7-18(6-2)8-10-19/h7-14,17H,5-6,15-16H2,1-4H3,(H,23,25)/t17-/m1/s1. The van der Waals surface area contributed by atoms with E-state index in [4.69, 9.17) is 4.74 Å². The maximum absolute atomic E-state index is 12.5. The van der Waals surface area contributed by atoms with E-state index in [9.17, 15) is 13.2 Å². The number of hydrogen-bond donors (Lipinski definition) is 1. The minimum atomic E-state index is -3.62. The predicted molar refractivity (Wildman–Crippen MR) is 117 cm³/mol. The van der Waals surface area contributed by atoms with Gasteiger partial charge in [0.1, 0.15) is 12.3 Å². The molecule has 2 aromatic rings. The highest BCUT2D eigenvalue weighted by atomic mass is 32.2. The van der Waals surface area contributed by atoms with E-state index in [1.807, 2.05) is 38.1 Å². The van der Waals surface area contributed by atoms with E-state index in [0.29, 0.717) is 18.0 Å². The monoisotopic (exact) mass is 418 g/mol. The van der Waals surface area contributed by atoms with E-state index >= 15 is 0 Å². The fraction of sp³-hybridized carbons (Fsp3) is 0.409. The van der Waals surface area contributed by atoms with Gasteiger partial charge in [-0.3, -0.25) is 9.10 Å². The number of carbonyl (C=O) groups excluding carboxylic acids is 1. The molecule has 1 atom stereocenters. The number of rotatable bonds is 10. The van der Waals surface area contributed by atoms with Crippen molar-refractivity contribution in [2.24, 2.45) is 0 Å². The summed E-state index contributed by atoms with van der Waals surface area (Å²) in [6.07, 6.45) is 2.93. The van der Waals surface area contributed by atoms with Gasteiger partial charge in [-0.05, 0) is 55.2 Å². The van der Waals surface area contributed by atoms with Crippen LogP contribution in [0.1, 0.15) is 44.4 Å². The van der Waals surface area contributed by atoms with Gasteiger partial charge in [0.2, 0.25) is 15.9 Å². The lowest BCUT2D eigenvalue weighted by Gasteiger charge is -2.23. The minimum absolute atomic E-state index is 0.223. The highest BCUT2D eigenvalue weighted by molar-refractivity contribution is 7.92. The molecule has 0 aliphatic carbocycles. The molecule has 0 aliphatic rings. The highest BCUT2D eigenvalue weighted by Crippen LogP contribution is 2.22. The molecule has 2 aromatic carbocycles. The molecule has 6 nitrogen and oxygen atoms in total. The number of carbonyl (C=O) groups is 1. The van der Waals surface area contributed by atoms with Crippen LogP contribution in [0.2, 0.25) is 0 Å². The zero-order valence-electron chi connectivity index (χ0n) is 17.5. The summed E-state index contributed by atoms with van der Waals surface area (Å²) in [5.74, 6) is 0.298. The first-order chi connectivity index (χ1) is 13.7. The first-order valence-corrected chi connectivity index (χ1v) is 11.7. The lowest BCUT2D eigenvalue weighted by molar-refractivity contribution is -0.120. The van der Waals surface area contributed by atoms with Crippen molar-refractivity contribution < 1.29 is 17.9 Å². The van der Waals surface area contributed by atoms with Crippen molar-refractivity contribution in [1.29, 1.82) is 0 Å². The first-order valence-electron chi connectivity index (χ1n) is 9.83. The Bertz CT molecular complexity index is 893. The van der Waals surface area contributed by atoms with Crippen LogP contribution in [0.25, 0.3) is 0 Å². The molecule has 1 amide bonds. The molecule has 0 aliphatic heterocycles. The molecule has 29 heavy (non-hydrogen) atoms. The summed E-state index contributed by atoms with van der Waals surface area (Å²) in [5, 5.41) is 2.88. The average Bonchev–Trinajstić information content (AvgIpc) is 2.70. The molecule has 0 saturated carbocycles. The summed E-state index contributed by atoms with van der Waals surface area (Å²) in [4.78, 5) is 12.5. The smallest absolute Gasteiger partial charge is 0.241 e. The van der Waals surface area contributed by atoms with E-state index in [-0.39, 0.29) is 18.5 Å². The molecule has 0 fully saturated rings. The summed E-state index contributed by atoms with van der Waals surface area (Å²) >= 11 is 0. The van der Waals surface area contributed by atoms with Crippen molar-refractivity contribution in [3.8, 4) is 5.75 Å². The number of nitrogens with zero attached hydrogens (tertiary/aromatic N) is 1. The number of anilines is 1. The van der Waals surface area contributed by atoms with Gasteiger partial charge in [-0.25, -0.2) is 8.42 Å². The van der Waals surface area contributed by atoms with Crippen molar-refractivity contribution in [2.75, 3.05) is 23.7 Å². The van der Waals surface area contributed by atoms with Crippen LogP contribution in [0.3, 0.4) is 0 Å². The Hall–Kier alpha value is -2.54. The van der Waals surface area contributed by atoms with Crippen LogP contribution in [0, 0.1) is 0 Å². The minimum Gasteiger partial charge on any atom is -0.494 e. The molecule has 0 heterocycles. The van der Waals surface area contributed by atoms with E-state index in [1.165, 1.54) is 5.56 Å². The zero-order chi connectivity index (χ0) is 21.4. The molecule has 2 rings (SSSR count). The second-order valence-corrected chi connectivity index (χ2v) is 8.90. The number of hydrogen-bond acceptors (Lipinski definition) is 4. The molecule has 1 N–H and O–H groups in total. The third-order valence-corrected chi connectivity index (χ3v) is 5.69. The summed E-state index contributed by atoms with van der Waals surface area (Å²) in [5.41, 5.74) is 2.62. The fourth-order valence-electron chi connectivity index (χ4n) is 2.87. The average molecular weight is 419 g/mol. The summed E-state index contributed by atoms with van der Waals surface area (Å²) < 4.78 is 31.2. The van der Waals surface area contributed by atoms with E-state index in [1.54, 1.807) is 24.3 Å². The molecule has 0 aromatic heterocycles. The quantitative estimate of drug-likeness (QED) is 0.639. The van der Waals surface area contributed by atoms with Gasteiger partial charge in [0.15, 0.2) is 0 Å². The molecule has 158 valence electrons. The van der Waals surface area contributed by atoms with Gasteiger partial charge < -0.3 is 10.1 Å². The third kappa shape index (κ3) is 6.78. The second kappa shape index (κ2) is 10.3. The van der Waals surface area contributed by atoms with Gasteiger partial charge in [0.05, 0.1) is 24.6 Å². The van der Waals surface area contributed by atoms with Crippen LogP contribution in [0.15, 0.2) is 48.5 Å². The van der Waals surface area contributed by atoms with E-state index in [0.717, 1.165) is 29.0 Å². The molecule has 0 spiro atoms. The predicted octanol–water partition coefficient (Wildman–Crippen LogP) is 3.68. The van der Waals surface area contributed by atoms with Crippen LogP contribution >= 0.6 is 0 Å². The maximum atomic E-state index is 12.5. The van der Waals surface area contributed by atoms with Crippen molar-refractivity contribution in [1.82, 2.24) is 5.32 Å². The van der Waals surface area contributed by atoms with Crippen LogP contribution in [0.5, 0.6) is 5.75 Å². The van der Waals surface area contributed by atoms with Crippen LogP contribution < -0.4 is 14.4 Å². The molecular formula is C22H30N2O4S. The number of ether oxygens (including phenoxy) is 1. The van der Waals surface area contributed by atoms with Crippen molar-refractivity contribution in [3.05, 3.63) is 59.7 Å². The van der Waals surface area contributed by atoms with Gasteiger partial charge in [-0.2, -0.15) is 0 Å². The fourth-order valence-corrected chi connectivity index (χ4v) is 3.73. The molecule has 7 heteroatoms. The second-order valence-electron chi connectivity index (χ2n) is 7.00. The number of benzene rings is 2. The highest BCUT2D eigenvalue weighted by Gasteiger charge is 2.22. The first kappa shape index (κ1) is 22.7. The van der Waals surface area contributed by atoms with Gasteiger partial charge in [0, 0.05) is 0 Å². The van der Waals surface area contributed by atoms with Gasteiger partial charge in [0.25, 0.3) is 0 Å². The lowest BCUT2D eigenvalue weighted by Crippen LogP contribution is -2.41. The van der Waals surface area contributed by atoms with E-state index < -0.39 is 10.0 Å². The van der Waals surface area contributed by atoms with Gasteiger partial charge in [-0.1, -0.05) is 38.1 Å². The van der Waals surface area contributed by atoms with Gasteiger partial charge >= 0.3 is 0 Å². The Morgan fingerprint density at radius 2 is 1.69 bits per heavy atom. The largest absolute Gasteiger partial charge is 0.494 e. The Balaban J connectivity index is 2.08. The Labute approximate surface area is 173 Å². The van der Waals surface area contributed by atoms with Crippen molar-refractivity contribution in [3.63, 3.8) is 0 Å². The molecule has 0 bridgehead atoms. The number of aryl methyl sites for hydroxylation is 1. The molecule has 0 unspecified atom stereocenters. The van der Waals surface area contributed by atoms with Crippen molar-refractivity contribution >= 4 is 21.6 Å². The SMILES string of the molecule is CCCOc1ccc(N(CC(=O)N[C@H](C)c2ccc(CC)cc2)S(C)(=O)=O)cc1. The topological polar surface area (TPSA) is 75.7 Å². The van der Waals surface area contributed by atoms with Crippen molar-refractivity contribution in [2.45, 2.75) is 39.7 Å². The molecule has 0 radical (unpaired) electrons. The maximum Gasteiger partial charge on any atom is 0.241 e. The number of amides is 1. The summed E-state index contributed by atoms with van der Waals surface area (Å²) in [6.45, 7) is 6.28. The van der Waals surface area contributed by atoms with Gasteiger partial charge in [-0.15, -0.1) is 0 Å². The number of sulfonamides is 1. The summed E-state index contributed by atoms with van der Waals surface area (Å²) in [6, 6.07) is 14.5. The normalized spacial score (nSPS) is 12.3. The Morgan fingerprint density at radius 3 is 2.21 bits per heavy atom. The summed E-state index contributed by atoms with van der Waals surface area (Å²) in [7, 11) is -3.62. The molecule has 0 saturated heterocycles. The van der Waals surface area contributed by atoms with Crippen LogP contribution in [-0.2, 0) is 21.2 Å². The third-order valence-electron chi connectivity index (χ3n) is 4.55. The zero-order valence-corrected chi connectivity index (χ0v) is 18.3. The van der Waals surface area contributed by atoms with E-state index in [2.05, 4.69) is 12.2 Å². The number of nitrogens with one attached hydrogen (secondary N) is 1. The Morgan fingerprint density at radius 1 is 1.07 bits per heavy atom. The lowest BCUT2D eigenvalue weighted by atomic mass is 10.1. The molecular weight excluding hydrogens is 388 g/mol. The van der Waals surface area contributed by atoms with Crippen LogP contribution in [0.4, 0.5) is 5.69 Å².